The second-order valence-electron chi connectivity index (χ2n) is 5.19. The van der Waals surface area contributed by atoms with Gasteiger partial charge in [0, 0.05) is 6.54 Å². The van der Waals surface area contributed by atoms with Gasteiger partial charge in [-0.15, -0.1) is 0 Å². The number of halogens is 3. The van der Waals surface area contributed by atoms with Gasteiger partial charge in [-0.25, -0.2) is 0 Å². The molecule has 0 fully saturated rings. The number of amides is 1. The maximum Gasteiger partial charge on any atom is 0.416 e. The Labute approximate surface area is 135 Å². The van der Waals surface area contributed by atoms with Gasteiger partial charge >= 0.3 is 6.18 Å². The van der Waals surface area contributed by atoms with Crippen LogP contribution in [0.25, 0.3) is 0 Å². The molecule has 1 unspecified atom stereocenters. The third-order valence-corrected chi connectivity index (χ3v) is 3.71. The summed E-state index contributed by atoms with van der Waals surface area (Å²) in [4.78, 5) is 13.7. The molecule has 0 saturated carbocycles. The van der Waals surface area contributed by atoms with Gasteiger partial charge in [0.25, 0.3) is 0 Å². The van der Waals surface area contributed by atoms with Gasteiger partial charge in [-0.05, 0) is 37.8 Å². The fourth-order valence-corrected chi connectivity index (χ4v) is 2.45. The van der Waals surface area contributed by atoms with Crippen molar-refractivity contribution in [1.29, 1.82) is 0 Å². The first kappa shape index (κ1) is 19.4. The quantitative estimate of drug-likeness (QED) is 0.769. The molecule has 1 amide bonds. The van der Waals surface area contributed by atoms with E-state index < -0.39 is 11.7 Å². The lowest BCUT2D eigenvalue weighted by Crippen LogP contribution is -2.40. The molecule has 0 aliphatic carbocycles. The molecular formula is C16H24F3N3O. The number of nitrogens with zero attached hydrogens (tertiary/aromatic N) is 1. The SMILES string of the molecule is CCN(CC)C(CNC(=O)CNC)c1ccc(C(F)(F)F)cc1. The van der Waals surface area contributed by atoms with Crippen molar-refractivity contribution in [2.75, 3.05) is 33.2 Å². The molecule has 1 aromatic carbocycles. The zero-order valence-corrected chi connectivity index (χ0v) is 13.7. The number of rotatable bonds is 8. The number of hydrogen-bond acceptors (Lipinski definition) is 3. The molecular weight excluding hydrogens is 307 g/mol. The van der Waals surface area contributed by atoms with Crippen LogP contribution in [0.5, 0.6) is 0 Å². The first-order chi connectivity index (χ1) is 10.8. The molecule has 23 heavy (non-hydrogen) atoms. The fourth-order valence-electron chi connectivity index (χ4n) is 2.45. The zero-order valence-electron chi connectivity index (χ0n) is 13.7. The van der Waals surface area contributed by atoms with Crippen molar-refractivity contribution in [3.63, 3.8) is 0 Å². The van der Waals surface area contributed by atoms with Crippen LogP contribution in [0.4, 0.5) is 13.2 Å². The van der Waals surface area contributed by atoms with Gasteiger partial charge in [0.2, 0.25) is 5.91 Å². The number of hydrogen-bond donors (Lipinski definition) is 2. The van der Waals surface area contributed by atoms with E-state index in [0.29, 0.717) is 6.54 Å². The minimum absolute atomic E-state index is 0.142. The molecule has 1 aromatic rings. The molecule has 1 rings (SSSR count). The van der Waals surface area contributed by atoms with Gasteiger partial charge in [0.05, 0.1) is 18.2 Å². The van der Waals surface area contributed by atoms with Crippen molar-refractivity contribution in [3.05, 3.63) is 35.4 Å². The predicted octanol–water partition coefficient (Wildman–Crippen LogP) is 2.42. The number of benzene rings is 1. The van der Waals surface area contributed by atoms with Gasteiger partial charge in [-0.3, -0.25) is 9.69 Å². The Bertz CT molecular complexity index is 484. The largest absolute Gasteiger partial charge is 0.416 e. The summed E-state index contributed by atoms with van der Waals surface area (Å²) >= 11 is 0. The van der Waals surface area contributed by atoms with Crippen molar-refractivity contribution in [2.24, 2.45) is 0 Å². The molecule has 0 spiro atoms. The maximum absolute atomic E-state index is 12.7. The summed E-state index contributed by atoms with van der Waals surface area (Å²) in [6, 6.07) is 4.97. The molecule has 0 aliphatic rings. The standard InChI is InChI=1S/C16H24F3N3O/c1-4-22(5-2)14(10-21-15(23)11-20-3)12-6-8-13(9-7-12)16(17,18)19/h6-9,14,20H,4-5,10-11H2,1-3H3,(H,21,23). The van der Waals surface area contributed by atoms with E-state index in [-0.39, 0.29) is 18.5 Å². The lowest BCUT2D eigenvalue weighted by Gasteiger charge is -2.30. The van der Waals surface area contributed by atoms with Gasteiger partial charge in [0.15, 0.2) is 0 Å². The van der Waals surface area contributed by atoms with Crippen molar-refractivity contribution in [2.45, 2.75) is 26.1 Å². The third kappa shape index (κ3) is 5.84. The van der Waals surface area contributed by atoms with E-state index in [1.807, 2.05) is 13.8 Å². The van der Waals surface area contributed by atoms with E-state index in [4.69, 9.17) is 0 Å². The van der Waals surface area contributed by atoms with Crippen LogP contribution < -0.4 is 10.6 Å². The van der Waals surface area contributed by atoms with Crippen molar-refractivity contribution >= 4 is 5.91 Å². The Morgan fingerprint density at radius 1 is 1.17 bits per heavy atom. The number of likely N-dealkylation sites (N-methyl/N-ethyl adjacent to an activating group) is 2. The molecule has 7 heteroatoms. The van der Waals surface area contributed by atoms with Gasteiger partial charge in [0.1, 0.15) is 0 Å². The normalized spacial score (nSPS) is 13.2. The highest BCUT2D eigenvalue weighted by molar-refractivity contribution is 5.77. The smallest absolute Gasteiger partial charge is 0.353 e. The summed E-state index contributed by atoms with van der Waals surface area (Å²) in [6.45, 7) is 6.01. The Morgan fingerprint density at radius 2 is 1.74 bits per heavy atom. The second kappa shape index (κ2) is 8.88. The third-order valence-electron chi connectivity index (χ3n) is 3.71. The van der Waals surface area contributed by atoms with Crippen LogP contribution in [-0.4, -0.2) is 44.0 Å². The summed E-state index contributed by atoms with van der Waals surface area (Å²) in [5.74, 6) is -0.142. The fraction of sp³-hybridized carbons (Fsp3) is 0.562. The van der Waals surface area contributed by atoms with E-state index in [0.717, 1.165) is 30.8 Å². The predicted molar refractivity (Wildman–Crippen MR) is 84.0 cm³/mol. The number of nitrogens with one attached hydrogen (secondary N) is 2. The van der Waals surface area contributed by atoms with Crippen LogP contribution in [0.2, 0.25) is 0 Å². The van der Waals surface area contributed by atoms with Gasteiger partial charge in [-0.1, -0.05) is 26.0 Å². The average Bonchev–Trinajstić information content (AvgIpc) is 2.51. The molecule has 1 atom stereocenters. The molecule has 0 bridgehead atoms. The van der Waals surface area contributed by atoms with Crippen LogP contribution in [0.3, 0.4) is 0 Å². The van der Waals surface area contributed by atoms with Crippen LogP contribution in [0.15, 0.2) is 24.3 Å². The van der Waals surface area contributed by atoms with Crippen LogP contribution >= 0.6 is 0 Å². The molecule has 2 N–H and O–H groups in total. The van der Waals surface area contributed by atoms with Crippen LogP contribution in [0, 0.1) is 0 Å². The van der Waals surface area contributed by atoms with E-state index >= 15 is 0 Å². The molecule has 0 heterocycles. The minimum atomic E-state index is -4.34. The molecule has 0 saturated heterocycles. The lowest BCUT2D eigenvalue weighted by molar-refractivity contribution is -0.137. The van der Waals surface area contributed by atoms with E-state index in [9.17, 15) is 18.0 Å². The Balaban J connectivity index is 2.93. The molecule has 0 aromatic heterocycles. The summed E-state index contributed by atoms with van der Waals surface area (Å²) in [5, 5.41) is 5.57. The highest BCUT2D eigenvalue weighted by Gasteiger charge is 2.30. The number of carbonyl (C=O) groups is 1. The van der Waals surface area contributed by atoms with E-state index in [1.165, 1.54) is 12.1 Å². The zero-order chi connectivity index (χ0) is 17.5. The average molecular weight is 331 g/mol. The summed E-state index contributed by atoms with van der Waals surface area (Å²) < 4.78 is 38.0. The second-order valence-corrected chi connectivity index (χ2v) is 5.19. The Hall–Kier alpha value is -1.60. The van der Waals surface area contributed by atoms with Crippen molar-refractivity contribution in [1.82, 2.24) is 15.5 Å². The topological polar surface area (TPSA) is 44.4 Å². The van der Waals surface area contributed by atoms with E-state index in [2.05, 4.69) is 15.5 Å². The highest BCUT2D eigenvalue weighted by atomic mass is 19.4. The van der Waals surface area contributed by atoms with Gasteiger partial charge in [-0.2, -0.15) is 13.2 Å². The van der Waals surface area contributed by atoms with Crippen LogP contribution in [-0.2, 0) is 11.0 Å². The summed E-state index contributed by atoms with van der Waals surface area (Å²) in [5.41, 5.74) is 0.0882. The first-order valence-corrected chi connectivity index (χ1v) is 7.65. The van der Waals surface area contributed by atoms with Gasteiger partial charge < -0.3 is 10.6 Å². The summed E-state index contributed by atoms with van der Waals surface area (Å²) in [6.07, 6.45) is -4.34. The molecule has 130 valence electrons. The molecule has 0 aliphatic heterocycles. The monoisotopic (exact) mass is 331 g/mol. The first-order valence-electron chi connectivity index (χ1n) is 7.65. The number of alkyl halides is 3. The molecule has 0 radical (unpaired) electrons. The maximum atomic E-state index is 12.7. The van der Waals surface area contributed by atoms with Crippen LogP contribution in [0.1, 0.15) is 31.0 Å². The highest BCUT2D eigenvalue weighted by Crippen LogP contribution is 2.30. The Kier molecular flexibility index (Phi) is 7.51. The number of carbonyl (C=O) groups excluding carboxylic acids is 1. The minimum Gasteiger partial charge on any atom is -0.353 e. The lowest BCUT2D eigenvalue weighted by atomic mass is 10.0. The molecule has 4 nitrogen and oxygen atoms in total. The summed E-state index contributed by atoms with van der Waals surface area (Å²) in [7, 11) is 1.68. The van der Waals surface area contributed by atoms with Crippen molar-refractivity contribution in [3.8, 4) is 0 Å². The Morgan fingerprint density at radius 3 is 2.17 bits per heavy atom. The van der Waals surface area contributed by atoms with E-state index in [1.54, 1.807) is 7.05 Å². The van der Waals surface area contributed by atoms with Crippen molar-refractivity contribution < 1.29 is 18.0 Å².